The summed E-state index contributed by atoms with van der Waals surface area (Å²) in [6.45, 7) is 11.3. The predicted octanol–water partition coefficient (Wildman–Crippen LogP) is 3.81. The van der Waals surface area contributed by atoms with Crippen molar-refractivity contribution in [1.82, 2.24) is 10.2 Å². The average Bonchev–Trinajstić information content (AvgIpc) is 3.29. The molecule has 112 valence electrons. The van der Waals surface area contributed by atoms with E-state index in [1.54, 1.807) is 0 Å². The van der Waals surface area contributed by atoms with Crippen LogP contribution in [-0.2, 0) is 13.1 Å². The fourth-order valence-corrected chi connectivity index (χ4v) is 2.52. The molecule has 1 N–H and O–H groups in total. The minimum atomic E-state index is 0.787. The lowest BCUT2D eigenvalue weighted by atomic mass is 10.1. The fourth-order valence-electron chi connectivity index (χ4n) is 2.52. The molecule has 0 bridgehead atoms. The van der Waals surface area contributed by atoms with Crippen LogP contribution in [-0.4, -0.2) is 24.0 Å². The Balaban J connectivity index is 1.87. The van der Waals surface area contributed by atoms with E-state index < -0.39 is 0 Å². The van der Waals surface area contributed by atoms with Gasteiger partial charge in [-0.1, -0.05) is 51.5 Å². The minimum Gasteiger partial charge on any atom is -0.310 e. The maximum absolute atomic E-state index is 3.60. The molecular formula is C18H30N2. The Morgan fingerprint density at radius 2 is 2.00 bits per heavy atom. The second-order valence-corrected chi connectivity index (χ2v) is 6.32. The van der Waals surface area contributed by atoms with Gasteiger partial charge in [0, 0.05) is 25.7 Å². The van der Waals surface area contributed by atoms with E-state index in [2.05, 4.69) is 55.3 Å². The van der Waals surface area contributed by atoms with Crippen LogP contribution in [0.15, 0.2) is 24.3 Å². The molecular weight excluding hydrogens is 244 g/mol. The van der Waals surface area contributed by atoms with Crippen LogP contribution in [0.2, 0.25) is 0 Å². The third-order valence-electron chi connectivity index (χ3n) is 4.28. The maximum atomic E-state index is 3.60. The lowest BCUT2D eigenvalue weighted by Crippen LogP contribution is -2.28. The maximum Gasteiger partial charge on any atom is 0.0233 e. The molecule has 2 heteroatoms. The standard InChI is InChI=1S/C18H30N2/c1-4-15(3)13-20(5-2)14-17-8-6-7-16(11-17)12-19-18-9-10-18/h6-8,11,15,18-19H,4-5,9-10,12-14H2,1-3H3. The van der Waals surface area contributed by atoms with Gasteiger partial charge in [0.2, 0.25) is 0 Å². The lowest BCUT2D eigenvalue weighted by molar-refractivity contribution is 0.238. The van der Waals surface area contributed by atoms with E-state index in [0.717, 1.165) is 31.6 Å². The smallest absolute Gasteiger partial charge is 0.0233 e. The van der Waals surface area contributed by atoms with E-state index in [4.69, 9.17) is 0 Å². The molecule has 1 saturated carbocycles. The van der Waals surface area contributed by atoms with Gasteiger partial charge >= 0.3 is 0 Å². The fraction of sp³-hybridized carbons (Fsp3) is 0.667. The topological polar surface area (TPSA) is 15.3 Å². The van der Waals surface area contributed by atoms with E-state index in [0.29, 0.717) is 0 Å². The second-order valence-electron chi connectivity index (χ2n) is 6.32. The van der Waals surface area contributed by atoms with Gasteiger partial charge in [0.05, 0.1) is 0 Å². The van der Waals surface area contributed by atoms with Crippen LogP contribution in [0.4, 0.5) is 0 Å². The Morgan fingerprint density at radius 1 is 1.25 bits per heavy atom. The van der Waals surface area contributed by atoms with Crippen molar-refractivity contribution in [3.8, 4) is 0 Å². The van der Waals surface area contributed by atoms with Gasteiger partial charge in [-0.2, -0.15) is 0 Å². The Hall–Kier alpha value is -0.860. The number of hydrogen-bond donors (Lipinski definition) is 1. The Morgan fingerprint density at radius 3 is 2.65 bits per heavy atom. The highest BCUT2D eigenvalue weighted by atomic mass is 15.1. The zero-order valence-corrected chi connectivity index (χ0v) is 13.4. The highest BCUT2D eigenvalue weighted by Crippen LogP contribution is 2.19. The largest absolute Gasteiger partial charge is 0.310 e. The summed E-state index contributed by atoms with van der Waals surface area (Å²) in [6.07, 6.45) is 3.98. The van der Waals surface area contributed by atoms with E-state index in [-0.39, 0.29) is 0 Å². The summed E-state index contributed by atoms with van der Waals surface area (Å²) >= 11 is 0. The van der Waals surface area contributed by atoms with E-state index >= 15 is 0 Å². The van der Waals surface area contributed by atoms with Gasteiger partial charge in [-0.25, -0.2) is 0 Å². The van der Waals surface area contributed by atoms with Crippen molar-refractivity contribution >= 4 is 0 Å². The van der Waals surface area contributed by atoms with E-state index in [1.807, 2.05) is 0 Å². The quantitative estimate of drug-likeness (QED) is 0.736. The SMILES string of the molecule is CCC(C)CN(CC)Cc1cccc(CNC2CC2)c1. The normalized spacial score (nSPS) is 16.6. The van der Waals surface area contributed by atoms with Crippen molar-refractivity contribution in [1.29, 1.82) is 0 Å². The summed E-state index contributed by atoms with van der Waals surface area (Å²) in [5.74, 6) is 0.787. The summed E-state index contributed by atoms with van der Waals surface area (Å²) in [4.78, 5) is 2.56. The highest BCUT2D eigenvalue weighted by molar-refractivity contribution is 5.23. The first-order chi connectivity index (χ1) is 9.71. The van der Waals surface area contributed by atoms with Crippen molar-refractivity contribution < 1.29 is 0 Å². The van der Waals surface area contributed by atoms with Crippen LogP contribution in [0, 0.1) is 5.92 Å². The highest BCUT2D eigenvalue weighted by Gasteiger charge is 2.19. The van der Waals surface area contributed by atoms with Crippen LogP contribution in [0.1, 0.15) is 51.2 Å². The van der Waals surface area contributed by atoms with Crippen LogP contribution in [0.5, 0.6) is 0 Å². The van der Waals surface area contributed by atoms with Gasteiger partial charge in [0.15, 0.2) is 0 Å². The summed E-state index contributed by atoms with van der Waals surface area (Å²) in [6, 6.07) is 9.87. The first-order valence-corrected chi connectivity index (χ1v) is 8.24. The lowest BCUT2D eigenvalue weighted by Gasteiger charge is -2.24. The van der Waals surface area contributed by atoms with Gasteiger partial charge in [0.25, 0.3) is 0 Å². The first kappa shape index (κ1) is 15.5. The Labute approximate surface area is 124 Å². The van der Waals surface area contributed by atoms with E-state index in [9.17, 15) is 0 Å². The summed E-state index contributed by atoms with van der Waals surface area (Å²) in [7, 11) is 0. The molecule has 1 aromatic rings. The molecule has 0 saturated heterocycles. The van der Waals surface area contributed by atoms with Crippen LogP contribution < -0.4 is 5.32 Å². The molecule has 20 heavy (non-hydrogen) atoms. The molecule has 1 aromatic carbocycles. The molecule has 1 aliphatic carbocycles. The second kappa shape index (κ2) is 7.80. The first-order valence-electron chi connectivity index (χ1n) is 8.24. The van der Waals surface area contributed by atoms with E-state index in [1.165, 1.54) is 36.9 Å². The summed E-state index contributed by atoms with van der Waals surface area (Å²) in [5.41, 5.74) is 2.87. The van der Waals surface area contributed by atoms with Crippen LogP contribution in [0.3, 0.4) is 0 Å². The summed E-state index contributed by atoms with van der Waals surface area (Å²) < 4.78 is 0. The van der Waals surface area contributed by atoms with Gasteiger partial charge in [-0.05, 0) is 36.4 Å². The number of nitrogens with zero attached hydrogens (tertiary/aromatic N) is 1. The predicted molar refractivity (Wildman–Crippen MR) is 86.7 cm³/mol. The molecule has 0 aliphatic heterocycles. The molecule has 0 heterocycles. The Bertz CT molecular complexity index is 398. The number of nitrogens with one attached hydrogen (secondary N) is 1. The molecule has 0 amide bonds. The zero-order chi connectivity index (χ0) is 14.4. The monoisotopic (exact) mass is 274 g/mol. The molecule has 1 atom stereocenters. The van der Waals surface area contributed by atoms with Gasteiger partial charge in [0.1, 0.15) is 0 Å². The van der Waals surface area contributed by atoms with Crippen molar-refractivity contribution in [3.63, 3.8) is 0 Å². The molecule has 2 nitrogen and oxygen atoms in total. The van der Waals surface area contributed by atoms with Gasteiger partial charge < -0.3 is 5.32 Å². The molecule has 1 fully saturated rings. The van der Waals surface area contributed by atoms with Crippen molar-refractivity contribution in [2.75, 3.05) is 13.1 Å². The molecule has 2 rings (SSSR count). The number of hydrogen-bond acceptors (Lipinski definition) is 2. The van der Waals surface area contributed by atoms with Crippen molar-refractivity contribution in [2.24, 2.45) is 5.92 Å². The van der Waals surface area contributed by atoms with Crippen molar-refractivity contribution in [3.05, 3.63) is 35.4 Å². The van der Waals surface area contributed by atoms with Gasteiger partial charge in [-0.15, -0.1) is 0 Å². The molecule has 1 aliphatic rings. The van der Waals surface area contributed by atoms with Crippen molar-refractivity contribution in [2.45, 2.75) is 59.2 Å². The third-order valence-corrected chi connectivity index (χ3v) is 4.28. The zero-order valence-electron chi connectivity index (χ0n) is 13.4. The number of rotatable bonds is 9. The average molecular weight is 274 g/mol. The summed E-state index contributed by atoms with van der Waals surface area (Å²) in [5, 5.41) is 3.60. The molecule has 0 radical (unpaired) electrons. The molecule has 1 unspecified atom stereocenters. The van der Waals surface area contributed by atoms with Crippen LogP contribution in [0.25, 0.3) is 0 Å². The molecule has 0 aromatic heterocycles. The third kappa shape index (κ3) is 5.26. The Kier molecular flexibility index (Phi) is 6.06. The molecule has 0 spiro atoms. The number of benzene rings is 1. The van der Waals surface area contributed by atoms with Gasteiger partial charge in [-0.3, -0.25) is 4.90 Å². The minimum absolute atomic E-state index is 0.787. The van der Waals surface area contributed by atoms with Crippen LogP contribution >= 0.6 is 0 Å².